The van der Waals surface area contributed by atoms with Crippen LogP contribution >= 0.6 is 0 Å². The molecule has 0 aliphatic heterocycles. The number of hydrogen-bond donors (Lipinski definition) is 21. The van der Waals surface area contributed by atoms with Gasteiger partial charge in [0.15, 0.2) is 17.9 Å². The summed E-state index contributed by atoms with van der Waals surface area (Å²) in [5.41, 5.74) is 41.5. The van der Waals surface area contributed by atoms with Crippen LogP contribution in [0.3, 0.4) is 0 Å². The number of hydrogen-bond acceptors (Lipinski definition) is 16. The van der Waals surface area contributed by atoms with Crippen molar-refractivity contribution >= 4 is 92.9 Å². The Labute approximate surface area is 487 Å². The Morgan fingerprint density at radius 2 is 0.894 bits per heavy atom. The molecule has 0 aliphatic rings. The van der Waals surface area contributed by atoms with E-state index >= 15 is 0 Å². The van der Waals surface area contributed by atoms with Crippen LogP contribution < -0.4 is 82.7 Å². The van der Waals surface area contributed by atoms with Crippen molar-refractivity contribution in [1.82, 2.24) is 52.5 Å². The van der Waals surface area contributed by atoms with E-state index in [1.54, 1.807) is 36.7 Å². The van der Waals surface area contributed by atoms with Crippen LogP contribution in [-0.4, -0.2) is 195 Å². The zero-order valence-corrected chi connectivity index (χ0v) is 46.7. The Hall–Kier alpha value is -9.60. The Kier molecular flexibility index (Phi) is 27.3. The highest BCUT2D eigenvalue weighted by Gasteiger charge is 2.36. The summed E-state index contributed by atoms with van der Waals surface area (Å²) in [4.78, 5) is 140. The predicted octanol–water partition coefficient (Wildman–Crippen LogP) is -7.12. The fraction of sp³-hybridized carbons (Fsp3) is 0.462. The van der Waals surface area contributed by atoms with E-state index in [0.717, 1.165) is 23.4 Å². The fourth-order valence-corrected chi connectivity index (χ4v) is 8.61. The quantitative estimate of drug-likeness (QED) is 0.0114. The summed E-state index contributed by atoms with van der Waals surface area (Å²) >= 11 is 0. The third-order valence-electron chi connectivity index (χ3n) is 13.0. The van der Waals surface area contributed by atoms with Crippen LogP contribution in [0, 0.1) is 0 Å². The second kappa shape index (κ2) is 34.1. The zero-order chi connectivity index (χ0) is 62.8. The normalized spacial score (nSPS) is 14.2. The van der Waals surface area contributed by atoms with Crippen molar-refractivity contribution in [3.05, 3.63) is 72.1 Å². The van der Waals surface area contributed by atoms with Gasteiger partial charge in [0.05, 0.1) is 31.9 Å². The van der Waals surface area contributed by atoms with E-state index in [-0.39, 0.29) is 88.9 Å². The molecule has 0 saturated heterocycles. The molecule has 2 heterocycles. The zero-order valence-electron chi connectivity index (χ0n) is 46.7. The van der Waals surface area contributed by atoms with Gasteiger partial charge in [-0.15, -0.1) is 0 Å². The van der Waals surface area contributed by atoms with Crippen LogP contribution in [0.4, 0.5) is 0 Å². The fourth-order valence-electron chi connectivity index (χ4n) is 8.61. The lowest BCUT2D eigenvalue weighted by molar-refractivity contribution is -0.143. The molecule has 0 aliphatic carbocycles. The van der Waals surface area contributed by atoms with Gasteiger partial charge < -0.3 is 113 Å². The van der Waals surface area contributed by atoms with Crippen molar-refractivity contribution in [3.8, 4) is 0 Å². The average molecular weight is 1190 g/mol. The summed E-state index contributed by atoms with van der Waals surface area (Å²) in [5, 5.41) is 61.7. The summed E-state index contributed by atoms with van der Waals surface area (Å²) in [7, 11) is 0. The van der Waals surface area contributed by atoms with E-state index < -0.39 is 127 Å². The number of para-hydroxylation sites is 2. The smallest absolute Gasteiger partial charge is 0.326 e. The maximum Gasteiger partial charge on any atom is 0.326 e. The number of guanidine groups is 3. The van der Waals surface area contributed by atoms with Gasteiger partial charge in [-0.2, -0.15) is 0 Å². The van der Waals surface area contributed by atoms with E-state index in [0.29, 0.717) is 16.5 Å². The number of carboxylic acid groups (broad SMARTS) is 1. The molecule has 464 valence electrons. The van der Waals surface area contributed by atoms with Gasteiger partial charge >= 0.3 is 5.97 Å². The van der Waals surface area contributed by atoms with Crippen molar-refractivity contribution < 1.29 is 63.6 Å². The van der Waals surface area contributed by atoms with Gasteiger partial charge in [0.1, 0.15) is 42.3 Å². The van der Waals surface area contributed by atoms with Crippen LogP contribution in [-0.2, 0) is 56.0 Å². The first-order valence-electron chi connectivity index (χ1n) is 27.0. The Balaban J connectivity index is 1.54. The first-order valence-corrected chi connectivity index (χ1v) is 27.0. The van der Waals surface area contributed by atoms with Gasteiger partial charge in [-0.3, -0.25) is 53.3 Å². The molecule has 2 aromatic heterocycles. The number of carbonyl (C=O) groups excluding carboxylic acids is 8. The number of aliphatic hydroxyl groups excluding tert-OH is 3. The maximum atomic E-state index is 14.5. The number of carbonyl (C=O) groups is 9. The number of nitrogens with two attached hydrogens (primary N) is 7. The minimum Gasteiger partial charge on any atom is -0.480 e. The lowest BCUT2D eigenvalue weighted by atomic mass is 10.0. The van der Waals surface area contributed by atoms with Gasteiger partial charge in [0.25, 0.3) is 0 Å². The molecule has 4 aromatic rings. The van der Waals surface area contributed by atoms with Crippen molar-refractivity contribution in [1.29, 1.82) is 0 Å². The summed E-state index contributed by atoms with van der Waals surface area (Å²) < 4.78 is 0. The van der Waals surface area contributed by atoms with Crippen molar-refractivity contribution in [3.63, 3.8) is 0 Å². The third-order valence-corrected chi connectivity index (χ3v) is 13.0. The average Bonchev–Trinajstić information content (AvgIpc) is 4.17. The van der Waals surface area contributed by atoms with Crippen molar-refractivity contribution in [2.24, 2.45) is 55.1 Å². The van der Waals surface area contributed by atoms with Gasteiger partial charge in [-0.25, -0.2) is 4.79 Å². The van der Waals surface area contributed by atoms with Gasteiger partial charge in [-0.05, 0) is 75.1 Å². The van der Waals surface area contributed by atoms with Gasteiger partial charge in [0.2, 0.25) is 47.3 Å². The van der Waals surface area contributed by atoms with Gasteiger partial charge in [0, 0.05) is 60.3 Å². The highest BCUT2D eigenvalue weighted by molar-refractivity contribution is 5.98. The Morgan fingerprint density at radius 1 is 0.506 bits per heavy atom. The Morgan fingerprint density at radius 3 is 1.35 bits per heavy atom. The van der Waals surface area contributed by atoms with Gasteiger partial charge in [-0.1, -0.05) is 36.4 Å². The second-order valence-corrected chi connectivity index (χ2v) is 19.7. The number of nitrogens with one attached hydrogen (secondary N) is 10. The van der Waals surface area contributed by atoms with Crippen LogP contribution in [0.1, 0.15) is 56.6 Å². The molecule has 0 radical (unpaired) electrons. The number of benzene rings is 2. The number of aliphatic carboxylic acids is 1. The number of aromatic nitrogens is 2. The van der Waals surface area contributed by atoms with Crippen LogP contribution in [0.2, 0.25) is 0 Å². The van der Waals surface area contributed by atoms with Crippen LogP contribution in [0.25, 0.3) is 21.8 Å². The first kappa shape index (κ1) is 67.9. The Bertz CT molecular complexity index is 3020. The van der Waals surface area contributed by atoms with Crippen LogP contribution in [0.15, 0.2) is 75.9 Å². The lowest BCUT2D eigenvalue weighted by Gasteiger charge is -2.28. The van der Waals surface area contributed by atoms with E-state index in [1.165, 1.54) is 0 Å². The molecule has 8 amide bonds. The second-order valence-electron chi connectivity index (χ2n) is 19.7. The maximum absolute atomic E-state index is 14.5. The molecular weight excluding hydrogens is 1110 g/mol. The number of fused-ring (bicyclic) bond motifs is 2. The molecule has 85 heavy (non-hydrogen) atoms. The minimum absolute atomic E-state index is 0.0100. The molecule has 4 rings (SSSR count). The molecule has 2 aromatic carbocycles. The molecule has 9 atom stereocenters. The van der Waals surface area contributed by atoms with Crippen molar-refractivity contribution in [2.45, 2.75) is 113 Å². The van der Waals surface area contributed by atoms with E-state index in [9.17, 15) is 63.6 Å². The number of nitrogens with zero attached hydrogens (tertiary/aromatic N) is 3. The molecule has 33 heteroatoms. The molecule has 0 saturated carbocycles. The lowest BCUT2D eigenvalue weighted by Crippen LogP contribution is -2.62. The largest absolute Gasteiger partial charge is 0.480 e. The standard InChI is InChI=1S/C52H78N20O13/c1-26(75)41(72-44(79)34(13-6-16-60-50(54)55)66-40(76)23-65-42(77)31(53)19-27-21-63-32-11-4-2-9-29(27)32)48(83)67-35(14-7-17-61-51(56)57)43(78)69-37(20-28-22-64-33-12-5-3-10-30(28)33)45(80)70-39(25-74)47(82)71-38(24-73)46(81)68-36(49(84)85)15-8-18-62-52(58)59/h2-5,9-12,21-22,26,31,34-39,41,63-64,73-75H,6-8,13-20,23-25,53H2,1H3,(H,65,77)(H,66,76)(H,67,83)(H,68,81)(H,69,78)(H,70,80)(H,71,82)(H,72,79)(H,84,85)(H4,54,55,60)(H4,56,57,61)(H4,58,59,62)/t26-,31+,34+,35+,36+,37+,38+,39+,41+/m1/s1. The van der Waals surface area contributed by atoms with E-state index in [4.69, 9.17) is 40.1 Å². The number of rotatable bonds is 36. The molecule has 0 fully saturated rings. The predicted molar refractivity (Wildman–Crippen MR) is 312 cm³/mol. The molecule has 33 nitrogen and oxygen atoms in total. The number of aliphatic imine (C=N–C) groups is 3. The molecule has 0 bridgehead atoms. The third kappa shape index (κ3) is 22.2. The number of aliphatic hydroxyl groups is 3. The monoisotopic (exact) mass is 1190 g/mol. The number of amides is 8. The van der Waals surface area contributed by atoms with Crippen LogP contribution in [0.5, 0.6) is 0 Å². The number of H-pyrrole nitrogens is 2. The van der Waals surface area contributed by atoms with Crippen molar-refractivity contribution in [2.75, 3.05) is 39.4 Å². The first-order chi connectivity index (χ1) is 40.4. The highest BCUT2D eigenvalue weighted by atomic mass is 16.4. The number of aromatic amines is 2. The summed E-state index contributed by atoms with van der Waals surface area (Å²) in [6.07, 6.45) is 1.20. The SMILES string of the molecule is C[C@@H](O)[C@H](NC(=O)[C@H](CCCN=C(N)N)NC(=O)CNC(=O)[C@@H](N)Cc1c[nH]c2ccccc12)C(=O)N[C@@H](CCCN=C(N)N)C(=O)N[C@@H](Cc1c[nH]c2ccccc12)C(=O)N[C@@H](CO)C(=O)N[C@@H](CO)C(=O)N[C@@H](CCCN=C(N)N)C(=O)O. The molecule has 0 spiro atoms. The molecule has 28 N–H and O–H groups in total. The molecular formula is C52H78N20O13. The minimum atomic E-state index is -1.85. The highest BCUT2D eigenvalue weighted by Crippen LogP contribution is 2.21. The topological polar surface area (TPSA) is 582 Å². The molecule has 0 unspecified atom stereocenters. The van der Waals surface area contributed by atoms with E-state index in [2.05, 4.69) is 67.5 Å². The number of carboxylic acids is 1. The van der Waals surface area contributed by atoms with E-state index in [1.807, 2.05) is 24.3 Å². The summed E-state index contributed by atoms with van der Waals surface area (Å²) in [6.45, 7) is -1.62. The summed E-state index contributed by atoms with van der Waals surface area (Å²) in [6, 6.07) is 1.69. The summed E-state index contributed by atoms with van der Waals surface area (Å²) in [5.74, 6) is -10.3.